The predicted molar refractivity (Wildman–Crippen MR) is 71.9 cm³/mol. The molecule has 7 heteroatoms. The van der Waals surface area contributed by atoms with E-state index in [0.29, 0.717) is 17.4 Å². The molecule has 0 aromatic carbocycles. The summed E-state index contributed by atoms with van der Waals surface area (Å²) in [6.45, 7) is 1.06. The molecule has 2 heterocycles. The minimum atomic E-state index is -1.11. The van der Waals surface area contributed by atoms with Gasteiger partial charge in [-0.25, -0.2) is 9.37 Å². The number of amides is 1. The van der Waals surface area contributed by atoms with Crippen LogP contribution in [0.2, 0.25) is 0 Å². The molecule has 1 fully saturated rings. The Balaban J connectivity index is 2.17. The van der Waals surface area contributed by atoms with Gasteiger partial charge in [0.05, 0.1) is 0 Å². The van der Waals surface area contributed by atoms with Gasteiger partial charge in [-0.05, 0) is 35.5 Å². The summed E-state index contributed by atoms with van der Waals surface area (Å²) in [5.74, 6) is -0.556. The fraction of sp³-hybridized carbons (Fsp3) is 0.500. The lowest BCUT2D eigenvalue weighted by atomic mass is 10.1. The third-order valence-electron chi connectivity index (χ3n) is 3.03. The Morgan fingerprint density at radius 1 is 1.68 bits per heavy atom. The summed E-state index contributed by atoms with van der Waals surface area (Å²) in [7, 11) is 1.86. The molecule has 1 aromatic heterocycles. The molecule has 104 valence electrons. The maximum Gasteiger partial charge on any atom is 0.254 e. The normalized spacial score (nSPS) is 24.2. The molecule has 2 atom stereocenters. The van der Waals surface area contributed by atoms with Crippen LogP contribution in [0.4, 0.5) is 4.39 Å². The van der Waals surface area contributed by atoms with Crippen molar-refractivity contribution in [3.8, 4) is 5.88 Å². The molecule has 0 aliphatic carbocycles. The molecule has 0 saturated carbocycles. The van der Waals surface area contributed by atoms with Crippen molar-refractivity contribution in [3.63, 3.8) is 0 Å². The van der Waals surface area contributed by atoms with E-state index in [1.54, 1.807) is 0 Å². The number of likely N-dealkylation sites (tertiary alicyclic amines) is 1. The zero-order valence-corrected chi connectivity index (χ0v) is 12.1. The summed E-state index contributed by atoms with van der Waals surface area (Å²) in [6, 6.07) is 1.52. The van der Waals surface area contributed by atoms with Crippen LogP contribution in [0.25, 0.3) is 0 Å². The molecule has 0 radical (unpaired) electrons. The van der Waals surface area contributed by atoms with Crippen LogP contribution in [-0.2, 0) is 0 Å². The van der Waals surface area contributed by atoms with Crippen LogP contribution in [-0.4, -0.2) is 48.2 Å². The van der Waals surface area contributed by atoms with Crippen LogP contribution in [0.5, 0.6) is 5.88 Å². The van der Waals surface area contributed by atoms with Crippen molar-refractivity contribution in [1.82, 2.24) is 9.88 Å². The number of aromatic nitrogens is 1. The number of halogens is 2. The monoisotopic (exact) mass is 331 g/mol. The zero-order chi connectivity index (χ0) is 14.0. The van der Waals surface area contributed by atoms with E-state index in [4.69, 9.17) is 10.5 Å². The first-order chi connectivity index (χ1) is 8.97. The molecule has 0 unspecified atom stereocenters. The van der Waals surface area contributed by atoms with E-state index in [-0.39, 0.29) is 11.4 Å². The van der Waals surface area contributed by atoms with Crippen molar-refractivity contribution in [2.24, 2.45) is 5.73 Å². The molecule has 19 heavy (non-hydrogen) atoms. The van der Waals surface area contributed by atoms with E-state index in [1.165, 1.54) is 12.3 Å². The fourth-order valence-electron chi connectivity index (χ4n) is 2.01. The molecule has 5 nitrogen and oxygen atoms in total. The van der Waals surface area contributed by atoms with Crippen LogP contribution in [0.1, 0.15) is 16.8 Å². The van der Waals surface area contributed by atoms with Gasteiger partial charge in [-0.3, -0.25) is 4.79 Å². The van der Waals surface area contributed by atoms with Crippen LogP contribution in [0.3, 0.4) is 0 Å². The first kappa shape index (κ1) is 14.2. The van der Waals surface area contributed by atoms with Crippen LogP contribution >= 0.6 is 15.9 Å². The summed E-state index contributed by atoms with van der Waals surface area (Å²) < 4.78 is 20.0. The number of ether oxygens (including phenoxy) is 1. The highest BCUT2D eigenvalue weighted by molar-refractivity contribution is 9.10. The molecule has 1 saturated heterocycles. The summed E-state index contributed by atoms with van der Waals surface area (Å²) >= 11 is 3.20. The van der Waals surface area contributed by atoms with E-state index in [1.807, 2.05) is 11.9 Å². The highest BCUT2D eigenvalue weighted by Gasteiger charge is 2.30. The van der Waals surface area contributed by atoms with Gasteiger partial charge in [-0.2, -0.15) is 0 Å². The van der Waals surface area contributed by atoms with Gasteiger partial charge in [0.15, 0.2) is 0 Å². The lowest BCUT2D eigenvalue weighted by Gasteiger charge is -2.32. The molecular weight excluding hydrogens is 317 g/mol. The van der Waals surface area contributed by atoms with Crippen LogP contribution in [0.15, 0.2) is 16.7 Å². The third-order valence-corrected chi connectivity index (χ3v) is 3.46. The van der Waals surface area contributed by atoms with Gasteiger partial charge in [0.1, 0.15) is 17.8 Å². The molecule has 2 rings (SSSR count). The van der Waals surface area contributed by atoms with E-state index in [9.17, 15) is 9.18 Å². The summed E-state index contributed by atoms with van der Waals surface area (Å²) in [5.41, 5.74) is 5.42. The van der Waals surface area contributed by atoms with Gasteiger partial charge in [0, 0.05) is 23.8 Å². The number of nitrogens with two attached hydrogens (primary N) is 1. The highest BCUT2D eigenvalue weighted by atomic mass is 79.9. The number of primary amides is 1. The number of nitrogens with zero attached hydrogens (tertiary/aromatic N) is 2. The van der Waals surface area contributed by atoms with Crippen molar-refractivity contribution in [1.29, 1.82) is 0 Å². The van der Waals surface area contributed by atoms with E-state index >= 15 is 0 Å². The van der Waals surface area contributed by atoms with Crippen molar-refractivity contribution in [2.45, 2.75) is 18.7 Å². The number of carbonyl (C=O) groups is 1. The second-order valence-electron chi connectivity index (χ2n) is 4.59. The average molecular weight is 332 g/mol. The molecule has 1 amide bonds. The Labute approximate surface area is 119 Å². The van der Waals surface area contributed by atoms with Gasteiger partial charge in [0.25, 0.3) is 5.91 Å². The standard InChI is InChI=1S/C12H15BrFN3O2/c1-17-3-2-10(9(14)6-17)19-12-8(11(15)18)4-7(13)5-16-12/h4-5,9-10H,2-3,6H2,1H3,(H2,15,18)/t9-,10+/m0/s1. The van der Waals surface area contributed by atoms with E-state index in [2.05, 4.69) is 20.9 Å². The van der Waals surface area contributed by atoms with Gasteiger partial charge >= 0.3 is 0 Å². The molecule has 2 N–H and O–H groups in total. The SMILES string of the molecule is CN1CC[C@@H](Oc2ncc(Br)cc2C(N)=O)[C@@H](F)C1. The Bertz CT molecular complexity index is 486. The molecular formula is C12H15BrFN3O2. The number of piperidine rings is 1. The molecule has 0 spiro atoms. The quantitative estimate of drug-likeness (QED) is 0.908. The van der Waals surface area contributed by atoms with Gasteiger partial charge in [-0.1, -0.05) is 0 Å². The number of hydrogen-bond donors (Lipinski definition) is 1. The maximum absolute atomic E-state index is 13.9. The molecule has 0 bridgehead atoms. The fourth-order valence-corrected chi connectivity index (χ4v) is 2.34. The first-order valence-electron chi connectivity index (χ1n) is 5.92. The number of pyridine rings is 1. The predicted octanol–water partition coefficient (Wildman–Crippen LogP) is 1.36. The first-order valence-corrected chi connectivity index (χ1v) is 6.71. The Morgan fingerprint density at radius 3 is 3.05 bits per heavy atom. The van der Waals surface area contributed by atoms with Crippen molar-refractivity contribution in [3.05, 3.63) is 22.3 Å². The van der Waals surface area contributed by atoms with Crippen molar-refractivity contribution >= 4 is 21.8 Å². The Morgan fingerprint density at radius 2 is 2.42 bits per heavy atom. The minimum Gasteiger partial charge on any atom is -0.471 e. The van der Waals surface area contributed by atoms with Gasteiger partial charge in [0.2, 0.25) is 5.88 Å². The lowest BCUT2D eigenvalue weighted by Crippen LogP contribution is -2.45. The van der Waals surface area contributed by atoms with Crippen molar-refractivity contribution in [2.75, 3.05) is 20.1 Å². The summed E-state index contributed by atoms with van der Waals surface area (Å²) in [5, 5.41) is 0. The highest BCUT2D eigenvalue weighted by Crippen LogP contribution is 2.24. The zero-order valence-electron chi connectivity index (χ0n) is 10.5. The van der Waals surface area contributed by atoms with Crippen molar-refractivity contribution < 1.29 is 13.9 Å². The number of rotatable bonds is 3. The number of alkyl halides is 1. The van der Waals surface area contributed by atoms with E-state index < -0.39 is 18.2 Å². The molecule has 1 aromatic rings. The maximum atomic E-state index is 13.9. The second-order valence-corrected chi connectivity index (χ2v) is 5.51. The molecule has 1 aliphatic heterocycles. The minimum absolute atomic E-state index is 0.0907. The third kappa shape index (κ3) is 3.42. The number of carbonyl (C=O) groups excluding carboxylic acids is 1. The largest absolute Gasteiger partial charge is 0.471 e. The summed E-state index contributed by atoms with van der Waals surface area (Å²) in [6.07, 6.45) is 0.338. The Hall–Kier alpha value is -1.21. The topological polar surface area (TPSA) is 68.4 Å². The average Bonchev–Trinajstić information content (AvgIpc) is 2.34. The smallest absolute Gasteiger partial charge is 0.254 e. The lowest BCUT2D eigenvalue weighted by molar-refractivity contribution is 0.0280. The van der Waals surface area contributed by atoms with Crippen LogP contribution in [0, 0.1) is 0 Å². The Kier molecular flexibility index (Phi) is 4.36. The summed E-state index contributed by atoms with van der Waals surface area (Å²) in [4.78, 5) is 17.2. The van der Waals surface area contributed by atoms with Crippen LogP contribution < -0.4 is 10.5 Å². The second kappa shape index (κ2) is 5.83. The molecule has 1 aliphatic rings. The van der Waals surface area contributed by atoms with Gasteiger partial charge < -0.3 is 15.4 Å². The van der Waals surface area contributed by atoms with E-state index in [0.717, 1.165) is 6.54 Å². The van der Waals surface area contributed by atoms with Gasteiger partial charge in [-0.15, -0.1) is 0 Å². The number of hydrogen-bond acceptors (Lipinski definition) is 4.